The smallest absolute Gasteiger partial charge is 0.282 e. The first-order valence-corrected chi connectivity index (χ1v) is 10.2. The van der Waals surface area contributed by atoms with E-state index in [1.54, 1.807) is 0 Å². The van der Waals surface area contributed by atoms with Gasteiger partial charge in [-0.15, -0.1) is 0 Å². The third-order valence-electron chi connectivity index (χ3n) is 1.93. The Bertz CT molecular complexity index is 992. The van der Waals surface area contributed by atoms with Crippen molar-refractivity contribution in [2.75, 3.05) is 0 Å². The van der Waals surface area contributed by atoms with Gasteiger partial charge in [-0.1, -0.05) is 0 Å². The van der Waals surface area contributed by atoms with Crippen molar-refractivity contribution in [3.8, 4) is 0 Å². The zero-order valence-corrected chi connectivity index (χ0v) is 13.0. The summed E-state index contributed by atoms with van der Waals surface area (Å²) in [4.78, 5) is -1.47. The molecule has 0 radical (unpaired) electrons. The van der Waals surface area contributed by atoms with Crippen LogP contribution < -0.4 is 0 Å². The van der Waals surface area contributed by atoms with Gasteiger partial charge in [0.25, 0.3) is 20.2 Å². The first-order chi connectivity index (χ1) is 9.45. The molecule has 126 valence electrons. The summed E-state index contributed by atoms with van der Waals surface area (Å²) >= 11 is 0. The molecule has 0 saturated heterocycles. The quantitative estimate of drug-likeness (QED) is 0.404. The van der Waals surface area contributed by atoms with Crippen molar-refractivity contribution in [3.63, 3.8) is 0 Å². The summed E-state index contributed by atoms with van der Waals surface area (Å²) in [5.74, 6) is 0. The van der Waals surface area contributed by atoms with Crippen LogP contribution in [0, 0.1) is 0 Å². The highest BCUT2D eigenvalue weighted by Crippen LogP contribution is 2.29. The van der Waals surface area contributed by atoms with E-state index in [9.17, 15) is 33.7 Å². The normalized spacial score (nSPS) is 14.0. The van der Waals surface area contributed by atoms with Crippen molar-refractivity contribution in [2.24, 2.45) is 0 Å². The highest BCUT2D eigenvalue weighted by molar-refractivity contribution is 7.90. The molecule has 0 atom stereocenters. The van der Waals surface area contributed by atoms with Gasteiger partial charge in [-0.2, -0.15) is 33.7 Å². The van der Waals surface area contributed by atoms with Crippen molar-refractivity contribution in [3.05, 3.63) is 6.07 Å². The molecule has 0 spiro atoms. The van der Waals surface area contributed by atoms with Crippen molar-refractivity contribution < 1.29 is 51.9 Å². The first-order valence-electron chi connectivity index (χ1n) is 4.40. The van der Waals surface area contributed by atoms with Crippen LogP contribution in [0.3, 0.4) is 0 Å². The van der Waals surface area contributed by atoms with Crippen LogP contribution in [0.25, 0.3) is 0 Å². The first kappa shape index (κ1) is 18.8. The highest BCUT2D eigenvalue weighted by Gasteiger charge is 2.36. The second kappa shape index (κ2) is 5.16. The standard InChI is InChI=1S/C5H5NO12S4/c7-19(8,9)2-1-3(20(10,11)12)6-5(22(16,17)18)4(2)21(13,14)15/h1H,(H,7,8,9)(H,10,11,12)(H,13,14,15)(H,16,17,18). The summed E-state index contributed by atoms with van der Waals surface area (Å²) in [5, 5.41) is -3.85. The maximum atomic E-state index is 11.1. The van der Waals surface area contributed by atoms with Crippen molar-refractivity contribution >= 4 is 40.5 Å². The topological polar surface area (TPSA) is 230 Å². The number of nitrogens with zero attached hydrogens (tertiary/aromatic N) is 1. The molecule has 0 aliphatic heterocycles. The van der Waals surface area contributed by atoms with E-state index in [-0.39, 0.29) is 6.07 Å². The molecule has 1 aromatic heterocycles. The number of aromatic nitrogens is 1. The second-order valence-corrected chi connectivity index (χ2v) is 8.95. The van der Waals surface area contributed by atoms with E-state index < -0.39 is 60.3 Å². The van der Waals surface area contributed by atoms with Crippen LogP contribution >= 0.6 is 0 Å². The Kier molecular flexibility index (Phi) is 4.42. The Morgan fingerprint density at radius 1 is 0.682 bits per heavy atom. The van der Waals surface area contributed by atoms with Gasteiger partial charge in [0, 0.05) is 6.07 Å². The van der Waals surface area contributed by atoms with E-state index >= 15 is 0 Å². The number of rotatable bonds is 4. The van der Waals surface area contributed by atoms with Crippen LogP contribution in [0.2, 0.25) is 0 Å². The SMILES string of the molecule is O=S(=O)(O)c1cc(S(=O)(=O)O)c(S(=O)(=O)O)c(S(=O)(=O)O)n1. The van der Waals surface area contributed by atoms with Gasteiger partial charge >= 0.3 is 20.2 Å². The number of pyridine rings is 1. The lowest BCUT2D eigenvalue weighted by atomic mass is 10.5. The molecular formula is C5H5NO12S4. The minimum absolute atomic E-state index is 0.234. The molecule has 0 amide bonds. The molecule has 1 aromatic rings. The lowest BCUT2D eigenvalue weighted by Gasteiger charge is -2.09. The summed E-state index contributed by atoms with van der Waals surface area (Å²) in [7, 11) is -22.4. The molecule has 1 rings (SSSR count). The van der Waals surface area contributed by atoms with Gasteiger partial charge in [-0.3, -0.25) is 18.2 Å². The van der Waals surface area contributed by atoms with Gasteiger partial charge in [0.2, 0.25) is 5.03 Å². The van der Waals surface area contributed by atoms with Gasteiger partial charge in [-0.05, 0) is 0 Å². The minimum atomic E-state index is -5.71. The molecule has 17 heteroatoms. The largest absolute Gasteiger partial charge is 0.313 e. The summed E-state index contributed by atoms with van der Waals surface area (Å²) in [6, 6.07) is -0.234. The molecule has 0 unspecified atom stereocenters. The lowest BCUT2D eigenvalue weighted by Crippen LogP contribution is -2.18. The summed E-state index contributed by atoms with van der Waals surface area (Å²) in [5.41, 5.74) is 0. The lowest BCUT2D eigenvalue weighted by molar-refractivity contribution is 0.445. The van der Waals surface area contributed by atoms with E-state index in [2.05, 4.69) is 4.98 Å². The minimum Gasteiger partial charge on any atom is -0.282 e. The zero-order chi connectivity index (χ0) is 17.7. The molecule has 1 heterocycles. The number of hydrogen-bond acceptors (Lipinski definition) is 9. The van der Waals surface area contributed by atoms with Gasteiger partial charge in [-0.25, -0.2) is 4.98 Å². The van der Waals surface area contributed by atoms with Gasteiger partial charge in [0.15, 0.2) is 9.92 Å². The van der Waals surface area contributed by atoms with Crippen LogP contribution in [-0.4, -0.2) is 56.9 Å². The number of hydrogen-bond donors (Lipinski definition) is 4. The molecule has 0 bridgehead atoms. The van der Waals surface area contributed by atoms with Crippen molar-refractivity contribution in [1.82, 2.24) is 4.98 Å². The van der Waals surface area contributed by atoms with Crippen LogP contribution in [0.1, 0.15) is 0 Å². The molecular weight excluding hydrogens is 394 g/mol. The predicted molar refractivity (Wildman–Crippen MR) is 63.5 cm³/mol. The molecule has 0 aliphatic rings. The van der Waals surface area contributed by atoms with Crippen LogP contribution in [0.4, 0.5) is 0 Å². The molecule has 0 saturated carbocycles. The zero-order valence-electron chi connectivity index (χ0n) is 9.71. The predicted octanol–water partition coefficient (Wildman–Crippen LogP) is -1.93. The fourth-order valence-corrected chi connectivity index (χ4v) is 4.87. The molecule has 22 heavy (non-hydrogen) atoms. The maximum absolute atomic E-state index is 11.1. The summed E-state index contributed by atoms with van der Waals surface area (Å²) in [6.45, 7) is 0. The molecule has 0 aromatic carbocycles. The molecule has 0 aliphatic carbocycles. The maximum Gasteiger partial charge on any atom is 0.313 e. The van der Waals surface area contributed by atoms with Crippen LogP contribution in [0.15, 0.2) is 25.9 Å². The van der Waals surface area contributed by atoms with Crippen molar-refractivity contribution in [1.29, 1.82) is 0 Å². The summed E-state index contributed by atoms with van der Waals surface area (Å²) < 4.78 is 123. The van der Waals surface area contributed by atoms with Gasteiger partial charge in [0.1, 0.15) is 4.90 Å². The average Bonchev–Trinajstić information content (AvgIpc) is 2.22. The van der Waals surface area contributed by atoms with E-state index in [1.165, 1.54) is 0 Å². The third-order valence-corrected chi connectivity index (χ3v) is 5.52. The third kappa shape index (κ3) is 3.95. The van der Waals surface area contributed by atoms with E-state index in [4.69, 9.17) is 18.2 Å². The monoisotopic (exact) mass is 399 g/mol. The molecule has 4 N–H and O–H groups in total. The molecule has 13 nitrogen and oxygen atoms in total. The van der Waals surface area contributed by atoms with Crippen molar-refractivity contribution in [2.45, 2.75) is 19.8 Å². The fourth-order valence-electron chi connectivity index (χ4n) is 1.20. The molecule has 0 fully saturated rings. The highest BCUT2D eigenvalue weighted by atomic mass is 32.2. The fraction of sp³-hybridized carbons (Fsp3) is 0. The Morgan fingerprint density at radius 3 is 1.41 bits per heavy atom. The Morgan fingerprint density at radius 2 is 1.14 bits per heavy atom. The van der Waals surface area contributed by atoms with Crippen LogP contribution in [0.5, 0.6) is 0 Å². The summed E-state index contributed by atoms with van der Waals surface area (Å²) in [6.07, 6.45) is 0. The Hall–Kier alpha value is -1.21. The average molecular weight is 399 g/mol. The van der Waals surface area contributed by atoms with E-state index in [1.807, 2.05) is 0 Å². The van der Waals surface area contributed by atoms with Gasteiger partial charge in [0.05, 0.1) is 0 Å². The Labute approximate surface area is 123 Å². The second-order valence-electron chi connectivity index (χ2n) is 3.49. The van der Waals surface area contributed by atoms with Gasteiger partial charge < -0.3 is 0 Å². The Balaban J connectivity index is 4.34. The van der Waals surface area contributed by atoms with Crippen LogP contribution in [-0.2, 0) is 40.5 Å². The van der Waals surface area contributed by atoms with E-state index in [0.717, 1.165) is 0 Å². The van der Waals surface area contributed by atoms with E-state index in [0.29, 0.717) is 0 Å².